The van der Waals surface area contributed by atoms with Crippen LogP contribution in [0.25, 0.3) is 5.76 Å². The monoisotopic (exact) mass is 747 g/mol. The summed E-state index contributed by atoms with van der Waals surface area (Å²) in [5, 5.41) is 2.79. The maximum Gasteiger partial charge on any atom is 0.200 e. The summed E-state index contributed by atoms with van der Waals surface area (Å²) in [6, 6.07) is 40.9. The van der Waals surface area contributed by atoms with Crippen molar-refractivity contribution in [2.45, 2.75) is 83.0 Å². The number of ether oxygens (including phenoxy) is 7. The summed E-state index contributed by atoms with van der Waals surface area (Å²) in [6.45, 7) is 4.48. The Bertz CT molecular complexity index is 1810. The van der Waals surface area contributed by atoms with Crippen molar-refractivity contribution in [1.82, 2.24) is 4.98 Å². The number of hydrogen-bond donors (Lipinski definition) is 0. The summed E-state index contributed by atoms with van der Waals surface area (Å²) in [7, 11) is 0. The van der Waals surface area contributed by atoms with Crippen molar-refractivity contribution in [2.75, 3.05) is 13.2 Å². The molecule has 1 saturated heterocycles. The number of allylic oxidation sites excluding steroid dienone is 1. The second-order valence-corrected chi connectivity index (χ2v) is 14.5. The minimum Gasteiger partial charge on any atom is -0.462 e. The number of aromatic nitrogens is 1. The van der Waals surface area contributed by atoms with Gasteiger partial charge in [0.25, 0.3) is 0 Å². The first-order chi connectivity index (χ1) is 26.7. The lowest BCUT2D eigenvalue weighted by molar-refractivity contribution is -0.275. The van der Waals surface area contributed by atoms with Gasteiger partial charge >= 0.3 is 0 Å². The Kier molecular flexibility index (Phi) is 14.1. The normalized spacial score (nSPS) is 24.1. The third kappa shape index (κ3) is 10.7. The van der Waals surface area contributed by atoms with E-state index in [4.69, 9.17) is 33.2 Å². The molecule has 1 fully saturated rings. The van der Waals surface area contributed by atoms with Crippen LogP contribution in [-0.4, -0.2) is 55.0 Å². The first kappa shape index (κ1) is 38.1. The highest BCUT2D eigenvalue weighted by atomic mass is 32.1. The van der Waals surface area contributed by atoms with E-state index in [0.717, 1.165) is 33.0 Å². The minimum absolute atomic E-state index is 0.0597. The lowest BCUT2D eigenvalue weighted by Gasteiger charge is -2.47. The topological polar surface area (TPSA) is 77.5 Å². The lowest BCUT2D eigenvalue weighted by atomic mass is 9.86. The van der Waals surface area contributed by atoms with E-state index in [-0.39, 0.29) is 12.0 Å². The molecule has 9 heteroatoms. The fraction of sp³-hybridized carbons (Fsp3) is 0.356. The predicted molar refractivity (Wildman–Crippen MR) is 209 cm³/mol. The molecule has 7 rings (SSSR count). The summed E-state index contributed by atoms with van der Waals surface area (Å²) in [6.07, 6.45) is 2.65. The number of hydrogen-bond acceptors (Lipinski definition) is 9. The van der Waals surface area contributed by atoms with E-state index in [1.807, 2.05) is 85.1 Å². The summed E-state index contributed by atoms with van der Waals surface area (Å²) in [5.74, 6) is 0.797. The Labute approximate surface area is 322 Å². The molecule has 0 bridgehead atoms. The van der Waals surface area contributed by atoms with Gasteiger partial charge in [0.1, 0.15) is 24.4 Å². The van der Waals surface area contributed by atoms with Crippen molar-refractivity contribution in [3.63, 3.8) is 0 Å². The minimum atomic E-state index is -0.492. The highest BCUT2D eigenvalue weighted by Crippen LogP contribution is 2.38. The average molecular weight is 748 g/mol. The van der Waals surface area contributed by atoms with Crippen molar-refractivity contribution in [3.05, 3.63) is 166 Å². The van der Waals surface area contributed by atoms with E-state index in [1.54, 1.807) is 17.5 Å². The van der Waals surface area contributed by atoms with E-state index in [2.05, 4.69) is 59.6 Å². The van der Waals surface area contributed by atoms with Gasteiger partial charge in [-0.05, 0) is 47.6 Å². The number of benzene rings is 4. The molecule has 3 heterocycles. The Balaban J connectivity index is 1.22. The van der Waals surface area contributed by atoms with E-state index in [9.17, 15) is 0 Å². The van der Waals surface area contributed by atoms with Gasteiger partial charge in [-0.2, -0.15) is 0 Å². The standard InChI is InChI=1S/C45H49NO7S/c1-2-48-41-27-37(26-39(53-41)45-46-23-24-54-45)25-38-42(49-29-34-17-9-4-10-18-34)44(51-31-36-21-13-6-14-22-36)43(50-30-35-19-11-5-12-20-35)40(52-38)32-47-28-33-15-7-3-8-16-33/h3-24,26,37-38,40-44H,2,25,27-32H2,1H3/t37-,38-,40-,41+,42+,43-,44-/m1/s1. The van der Waals surface area contributed by atoms with E-state index in [0.29, 0.717) is 52.5 Å². The smallest absolute Gasteiger partial charge is 0.200 e. The Morgan fingerprint density at radius 2 is 1.15 bits per heavy atom. The average Bonchev–Trinajstić information content (AvgIpc) is 3.77. The molecule has 2 aliphatic heterocycles. The second-order valence-electron chi connectivity index (χ2n) is 13.6. The van der Waals surface area contributed by atoms with Crippen LogP contribution in [0.1, 0.15) is 47.0 Å². The second kappa shape index (κ2) is 19.9. The van der Waals surface area contributed by atoms with Gasteiger partial charge in [-0.1, -0.05) is 121 Å². The molecule has 0 saturated carbocycles. The van der Waals surface area contributed by atoms with Crippen LogP contribution in [0.4, 0.5) is 0 Å². The van der Waals surface area contributed by atoms with E-state index in [1.165, 1.54) is 0 Å². The lowest BCUT2D eigenvalue weighted by Crippen LogP contribution is -2.61. The van der Waals surface area contributed by atoms with Gasteiger partial charge in [0, 0.05) is 24.6 Å². The Hall–Kier alpha value is -4.19. The zero-order valence-electron chi connectivity index (χ0n) is 30.7. The molecule has 4 aromatic carbocycles. The van der Waals surface area contributed by atoms with Crippen molar-refractivity contribution >= 4 is 17.1 Å². The van der Waals surface area contributed by atoms with Gasteiger partial charge in [-0.3, -0.25) is 0 Å². The van der Waals surface area contributed by atoms with Gasteiger partial charge < -0.3 is 33.2 Å². The molecule has 5 aromatic rings. The molecule has 8 nitrogen and oxygen atoms in total. The van der Waals surface area contributed by atoms with Crippen molar-refractivity contribution < 1.29 is 33.2 Å². The first-order valence-corrected chi connectivity index (χ1v) is 19.7. The quantitative estimate of drug-likeness (QED) is 0.0880. The van der Waals surface area contributed by atoms with Crippen LogP contribution in [0.3, 0.4) is 0 Å². The molecule has 0 unspecified atom stereocenters. The van der Waals surface area contributed by atoms with Gasteiger partial charge in [-0.15, -0.1) is 11.3 Å². The molecule has 0 N–H and O–H groups in total. The highest BCUT2D eigenvalue weighted by Gasteiger charge is 2.49. The molecule has 54 heavy (non-hydrogen) atoms. The molecule has 282 valence electrons. The SMILES string of the molecule is CCO[C@@H]1C[C@H](C[C@H]2O[C@H](COCc3ccccc3)[C@@H](OCc3ccccc3)[C@H](OCc3ccccc3)[C@H]2OCc2ccccc2)C=C(c2nccs2)O1. The van der Waals surface area contributed by atoms with Crippen LogP contribution in [0.2, 0.25) is 0 Å². The molecule has 0 spiro atoms. The van der Waals surface area contributed by atoms with E-state index < -0.39 is 30.7 Å². The molecule has 7 atom stereocenters. The van der Waals surface area contributed by atoms with Crippen LogP contribution < -0.4 is 0 Å². The molecule has 0 radical (unpaired) electrons. The summed E-state index contributed by atoms with van der Waals surface area (Å²) in [4.78, 5) is 4.55. The van der Waals surface area contributed by atoms with Crippen molar-refractivity contribution in [1.29, 1.82) is 0 Å². The maximum absolute atomic E-state index is 7.15. The van der Waals surface area contributed by atoms with Crippen LogP contribution in [0, 0.1) is 5.92 Å². The molecular formula is C45H49NO7S. The number of nitrogens with zero attached hydrogens (tertiary/aromatic N) is 1. The highest BCUT2D eigenvalue weighted by molar-refractivity contribution is 7.10. The first-order valence-electron chi connectivity index (χ1n) is 18.9. The molecule has 1 aromatic heterocycles. The van der Waals surface area contributed by atoms with Gasteiger partial charge in [0.2, 0.25) is 6.29 Å². The van der Waals surface area contributed by atoms with Crippen LogP contribution in [-0.2, 0) is 59.6 Å². The largest absolute Gasteiger partial charge is 0.462 e. The fourth-order valence-electron chi connectivity index (χ4n) is 7.05. The Morgan fingerprint density at radius 1 is 0.630 bits per heavy atom. The Morgan fingerprint density at radius 3 is 1.67 bits per heavy atom. The van der Waals surface area contributed by atoms with Crippen molar-refractivity contribution in [3.8, 4) is 0 Å². The molecule has 0 aliphatic carbocycles. The summed E-state index contributed by atoms with van der Waals surface area (Å²) >= 11 is 1.55. The predicted octanol–water partition coefficient (Wildman–Crippen LogP) is 9.01. The maximum atomic E-state index is 7.15. The van der Waals surface area contributed by atoms with Crippen molar-refractivity contribution in [2.24, 2.45) is 5.92 Å². The van der Waals surface area contributed by atoms with E-state index >= 15 is 0 Å². The summed E-state index contributed by atoms with van der Waals surface area (Å²) in [5.41, 5.74) is 4.30. The fourth-order valence-corrected chi connectivity index (χ4v) is 7.65. The van der Waals surface area contributed by atoms with Crippen LogP contribution in [0.15, 0.2) is 139 Å². The molecule has 0 amide bonds. The number of thiazole rings is 1. The van der Waals surface area contributed by atoms with Gasteiger partial charge in [-0.25, -0.2) is 4.98 Å². The zero-order valence-corrected chi connectivity index (χ0v) is 31.5. The molecule has 2 aliphatic rings. The van der Waals surface area contributed by atoms with Crippen LogP contribution in [0.5, 0.6) is 0 Å². The van der Waals surface area contributed by atoms with Gasteiger partial charge in [0.05, 0.1) is 39.1 Å². The number of rotatable bonds is 18. The summed E-state index contributed by atoms with van der Waals surface area (Å²) < 4.78 is 46.7. The zero-order chi connectivity index (χ0) is 36.8. The van der Waals surface area contributed by atoms with Gasteiger partial charge in [0.15, 0.2) is 10.8 Å². The third-order valence-electron chi connectivity index (χ3n) is 9.65. The van der Waals surface area contributed by atoms with Crippen LogP contribution >= 0.6 is 11.3 Å². The third-order valence-corrected chi connectivity index (χ3v) is 10.4. The molecular weight excluding hydrogens is 699 g/mol.